The van der Waals surface area contributed by atoms with Crippen molar-refractivity contribution in [1.82, 2.24) is 5.16 Å². The molecule has 4 atom stereocenters. The third-order valence-electron chi connectivity index (χ3n) is 7.86. The van der Waals surface area contributed by atoms with E-state index in [1.165, 1.54) is 31.4 Å². The molecule has 6 rings (SSSR count). The van der Waals surface area contributed by atoms with Crippen LogP contribution < -0.4 is 0 Å². The van der Waals surface area contributed by atoms with Gasteiger partial charge in [-0.05, 0) is 68.3 Å². The van der Waals surface area contributed by atoms with Crippen molar-refractivity contribution in [2.75, 3.05) is 0 Å². The molecule has 1 aromatic carbocycles. The topological polar surface area (TPSA) is 35.3 Å². The first-order chi connectivity index (χ1) is 14.0. The Hall–Kier alpha value is -1.82. The van der Waals surface area contributed by atoms with Crippen LogP contribution in [0.3, 0.4) is 0 Å². The maximum absolute atomic E-state index is 13.6. The molecular weight excluding hydrogens is 379 g/mol. The smallest absolute Gasteiger partial charge is 0.373 e. The molecule has 1 spiro atoms. The van der Waals surface area contributed by atoms with Crippen molar-refractivity contribution in [3.63, 3.8) is 0 Å². The molecule has 29 heavy (non-hydrogen) atoms. The van der Waals surface area contributed by atoms with Gasteiger partial charge in [0.1, 0.15) is 11.5 Å². The van der Waals surface area contributed by atoms with Crippen LogP contribution in [-0.4, -0.2) is 11.3 Å². The van der Waals surface area contributed by atoms with Gasteiger partial charge in [-0.3, -0.25) is 0 Å². The third kappa shape index (κ3) is 2.86. The highest BCUT2D eigenvalue weighted by atomic mass is 19.4. The number of nitrogens with zero attached hydrogens (tertiary/aromatic N) is 1. The summed E-state index contributed by atoms with van der Waals surface area (Å²) in [6, 6.07) is 5.61. The SMILES string of the molecule is FC(F)(F)c1ccccc1-c1noc(C2CC2)c1COC1CC2C[C@]23CC[C@H]3C1. The zero-order chi connectivity index (χ0) is 19.8. The van der Waals surface area contributed by atoms with Gasteiger partial charge >= 0.3 is 6.18 Å². The first kappa shape index (κ1) is 18.0. The molecule has 4 saturated carbocycles. The lowest BCUT2D eigenvalue weighted by Gasteiger charge is -2.44. The summed E-state index contributed by atoms with van der Waals surface area (Å²) in [5, 5.41) is 4.09. The number of hydrogen-bond donors (Lipinski definition) is 0. The van der Waals surface area contributed by atoms with E-state index in [-0.39, 0.29) is 24.2 Å². The standard InChI is InChI=1S/C23H24F3NO2/c24-23(25,26)19-4-2-1-3-17(19)20-18(21(29-27-20)13-5-6-13)12-28-16-9-14-7-8-22(14)11-15(22)10-16/h1-4,13-16H,5-12H2/t14-,15?,16?,22-/m0/s1. The van der Waals surface area contributed by atoms with E-state index in [9.17, 15) is 13.2 Å². The highest BCUT2D eigenvalue weighted by Gasteiger charge is 2.66. The van der Waals surface area contributed by atoms with E-state index in [0.29, 0.717) is 16.7 Å². The summed E-state index contributed by atoms with van der Waals surface area (Å²) in [4.78, 5) is 0. The monoisotopic (exact) mass is 403 g/mol. The van der Waals surface area contributed by atoms with Crippen LogP contribution in [0.1, 0.15) is 67.8 Å². The number of benzene rings is 1. The molecule has 3 nitrogen and oxygen atoms in total. The van der Waals surface area contributed by atoms with Crippen molar-refractivity contribution >= 4 is 0 Å². The molecule has 1 heterocycles. The van der Waals surface area contributed by atoms with Crippen molar-refractivity contribution in [3.8, 4) is 11.3 Å². The molecule has 2 unspecified atom stereocenters. The largest absolute Gasteiger partial charge is 0.417 e. The highest BCUT2D eigenvalue weighted by molar-refractivity contribution is 5.68. The average molecular weight is 403 g/mol. The fraction of sp³-hybridized carbons (Fsp3) is 0.609. The predicted octanol–water partition coefficient (Wildman–Crippen LogP) is 6.33. The fourth-order valence-electron chi connectivity index (χ4n) is 5.94. The zero-order valence-corrected chi connectivity index (χ0v) is 16.2. The Kier molecular flexibility index (Phi) is 3.78. The molecule has 4 aliphatic carbocycles. The Morgan fingerprint density at radius 2 is 1.90 bits per heavy atom. The van der Waals surface area contributed by atoms with Gasteiger partial charge in [0.05, 0.1) is 18.3 Å². The lowest BCUT2D eigenvalue weighted by Crippen LogP contribution is -2.38. The predicted molar refractivity (Wildman–Crippen MR) is 100.0 cm³/mol. The van der Waals surface area contributed by atoms with Crippen LogP contribution in [0.4, 0.5) is 13.2 Å². The second-order valence-electron chi connectivity index (χ2n) is 9.47. The second-order valence-corrected chi connectivity index (χ2v) is 9.47. The molecule has 0 bridgehead atoms. The number of alkyl halides is 3. The fourth-order valence-corrected chi connectivity index (χ4v) is 5.94. The number of rotatable bonds is 5. The maximum atomic E-state index is 13.6. The van der Waals surface area contributed by atoms with Crippen molar-refractivity contribution in [2.24, 2.45) is 17.3 Å². The summed E-state index contributed by atoms with van der Waals surface area (Å²) in [5.74, 6) is 2.58. The molecule has 4 fully saturated rings. The van der Waals surface area contributed by atoms with Crippen molar-refractivity contribution in [1.29, 1.82) is 0 Å². The van der Waals surface area contributed by atoms with Crippen molar-refractivity contribution < 1.29 is 22.4 Å². The van der Waals surface area contributed by atoms with E-state index in [1.807, 2.05) is 0 Å². The highest BCUT2D eigenvalue weighted by Crippen LogP contribution is 2.73. The first-order valence-corrected chi connectivity index (χ1v) is 10.7. The van der Waals surface area contributed by atoms with Gasteiger partial charge in [0, 0.05) is 17.0 Å². The van der Waals surface area contributed by atoms with Crippen molar-refractivity contribution in [2.45, 2.75) is 69.8 Å². The molecule has 154 valence electrons. The minimum atomic E-state index is -4.43. The summed E-state index contributed by atoms with van der Waals surface area (Å²) in [6.45, 7) is 0.286. The van der Waals surface area contributed by atoms with E-state index in [0.717, 1.165) is 49.3 Å². The van der Waals surface area contributed by atoms with Gasteiger partial charge in [0.25, 0.3) is 0 Å². The summed E-state index contributed by atoms with van der Waals surface area (Å²) >= 11 is 0. The Bertz CT molecular complexity index is 948. The quantitative estimate of drug-likeness (QED) is 0.585. The van der Waals surface area contributed by atoms with Crippen LogP contribution in [0.25, 0.3) is 11.3 Å². The van der Waals surface area contributed by atoms with Crippen LogP contribution in [0.5, 0.6) is 0 Å². The molecule has 0 radical (unpaired) electrons. The summed E-state index contributed by atoms with van der Waals surface area (Å²) in [7, 11) is 0. The number of hydrogen-bond acceptors (Lipinski definition) is 3. The van der Waals surface area contributed by atoms with Gasteiger partial charge in [-0.1, -0.05) is 23.4 Å². The zero-order valence-electron chi connectivity index (χ0n) is 16.2. The van der Waals surface area contributed by atoms with E-state index < -0.39 is 11.7 Å². The van der Waals surface area contributed by atoms with Crippen LogP contribution >= 0.6 is 0 Å². The van der Waals surface area contributed by atoms with Gasteiger partial charge in [-0.15, -0.1) is 0 Å². The van der Waals surface area contributed by atoms with E-state index in [2.05, 4.69) is 5.16 Å². The number of halogens is 3. The number of ether oxygens (including phenoxy) is 1. The van der Waals surface area contributed by atoms with Gasteiger partial charge in [0.15, 0.2) is 0 Å². The average Bonchev–Trinajstić information content (AvgIpc) is 3.60. The molecule has 4 aliphatic rings. The lowest BCUT2D eigenvalue weighted by molar-refractivity contribution is -0.137. The maximum Gasteiger partial charge on any atom is 0.417 e. The van der Waals surface area contributed by atoms with E-state index >= 15 is 0 Å². The van der Waals surface area contributed by atoms with Crippen LogP contribution in [0.15, 0.2) is 28.8 Å². The molecular formula is C23H24F3NO2. The molecule has 6 heteroatoms. The summed E-state index contributed by atoms with van der Waals surface area (Å²) in [5.41, 5.74) is 1.06. The first-order valence-electron chi connectivity index (χ1n) is 10.7. The minimum absolute atomic E-state index is 0.0816. The summed E-state index contributed by atoms with van der Waals surface area (Å²) < 4.78 is 52.6. The second kappa shape index (κ2) is 6.10. The molecule has 1 aromatic heterocycles. The van der Waals surface area contributed by atoms with Crippen LogP contribution in [-0.2, 0) is 17.5 Å². The van der Waals surface area contributed by atoms with Gasteiger partial charge in [0.2, 0.25) is 0 Å². The van der Waals surface area contributed by atoms with Gasteiger partial charge in [-0.25, -0.2) is 0 Å². The Morgan fingerprint density at radius 1 is 1.10 bits per heavy atom. The van der Waals surface area contributed by atoms with E-state index in [4.69, 9.17) is 9.26 Å². The Morgan fingerprint density at radius 3 is 2.59 bits per heavy atom. The lowest BCUT2D eigenvalue weighted by atomic mass is 9.63. The van der Waals surface area contributed by atoms with Gasteiger partial charge < -0.3 is 9.26 Å². The molecule has 2 aromatic rings. The van der Waals surface area contributed by atoms with Crippen LogP contribution in [0, 0.1) is 17.3 Å². The third-order valence-corrected chi connectivity index (χ3v) is 7.86. The van der Waals surface area contributed by atoms with Gasteiger partial charge in [-0.2, -0.15) is 13.2 Å². The minimum Gasteiger partial charge on any atom is -0.373 e. The normalized spacial score (nSPS) is 33.0. The molecule has 0 N–H and O–H groups in total. The number of aromatic nitrogens is 1. The molecule has 0 amide bonds. The van der Waals surface area contributed by atoms with Crippen molar-refractivity contribution in [3.05, 3.63) is 41.2 Å². The summed E-state index contributed by atoms with van der Waals surface area (Å²) in [6.07, 6.45) is 3.99. The van der Waals surface area contributed by atoms with Crippen LogP contribution in [0.2, 0.25) is 0 Å². The van der Waals surface area contributed by atoms with E-state index in [1.54, 1.807) is 6.07 Å². The Labute approximate surface area is 167 Å². The Balaban J connectivity index is 1.28. The molecule has 0 saturated heterocycles. The molecule has 0 aliphatic heterocycles.